The molecule has 0 saturated carbocycles. The zero-order chi connectivity index (χ0) is 25.2. The molecule has 1 spiro atoms. The largest absolute Gasteiger partial charge is 0.450 e. The van der Waals surface area contributed by atoms with Gasteiger partial charge in [0, 0.05) is 18.1 Å². The SMILES string of the molecule is CC(=O)Oc1c(F)cc2c(c1F)Oc1c(cc(F)c(C)c1F)C21OC(=O)c2cc(OC=O)ccc21. The van der Waals surface area contributed by atoms with E-state index in [0.29, 0.717) is 6.07 Å². The third kappa shape index (κ3) is 3.00. The van der Waals surface area contributed by atoms with Crippen LogP contribution in [0.2, 0.25) is 0 Å². The number of fused-ring (bicyclic) bond motifs is 6. The molecule has 2 heterocycles. The van der Waals surface area contributed by atoms with Crippen molar-refractivity contribution in [2.75, 3.05) is 0 Å². The lowest BCUT2D eigenvalue weighted by Gasteiger charge is -2.37. The Balaban J connectivity index is 1.90. The van der Waals surface area contributed by atoms with Crippen molar-refractivity contribution in [2.45, 2.75) is 19.4 Å². The van der Waals surface area contributed by atoms with Crippen molar-refractivity contribution in [1.29, 1.82) is 0 Å². The predicted molar refractivity (Wildman–Crippen MR) is 107 cm³/mol. The second kappa shape index (κ2) is 7.55. The quantitative estimate of drug-likeness (QED) is 0.231. The van der Waals surface area contributed by atoms with E-state index < -0.39 is 69.2 Å². The minimum absolute atomic E-state index is 0.0479. The van der Waals surface area contributed by atoms with Gasteiger partial charge in [0.15, 0.2) is 28.7 Å². The first kappa shape index (κ1) is 22.4. The van der Waals surface area contributed by atoms with Gasteiger partial charge in [-0.15, -0.1) is 0 Å². The third-order valence-electron chi connectivity index (χ3n) is 5.76. The van der Waals surface area contributed by atoms with Crippen LogP contribution in [0.1, 0.15) is 39.5 Å². The molecule has 0 amide bonds. The summed E-state index contributed by atoms with van der Waals surface area (Å²) in [6.45, 7) is 2.14. The molecule has 178 valence electrons. The van der Waals surface area contributed by atoms with Crippen LogP contribution in [0.25, 0.3) is 0 Å². The Morgan fingerprint density at radius 1 is 0.971 bits per heavy atom. The van der Waals surface area contributed by atoms with Gasteiger partial charge in [-0.05, 0) is 37.3 Å². The fraction of sp³-hybridized carbons (Fsp3) is 0.125. The highest BCUT2D eigenvalue weighted by Gasteiger charge is 2.56. The summed E-state index contributed by atoms with van der Waals surface area (Å²) in [5.74, 6) is -9.83. The Bertz CT molecular complexity index is 1480. The number of ether oxygens (including phenoxy) is 4. The molecule has 2 aliphatic heterocycles. The fourth-order valence-corrected chi connectivity index (χ4v) is 4.26. The van der Waals surface area contributed by atoms with Crippen LogP contribution in [0.4, 0.5) is 17.6 Å². The molecule has 0 saturated heterocycles. The van der Waals surface area contributed by atoms with Crippen LogP contribution in [0.5, 0.6) is 23.0 Å². The number of benzene rings is 3. The second-order valence-electron chi connectivity index (χ2n) is 7.74. The van der Waals surface area contributed by atoms with Gasteiger partial charge in [0.25, 0.3) is 6.47 Å². The van der Waals surface area contributed by atoms with Gasteiger partial charge in [0.05, 0.1) is 16.7 Å². The van der Waals surface area contributed by atoms with Crippen molar-refractivity contribution in [3.8, 4) is 23.0 Å². The summed E-state index contributed by atoms with van der Waals surface area (Å²) in [6, 6.07) is 5.17. The molecule has 0 fully saturated rings. The number of hydrogen-bond acceptors (Lipinski definition) is 7. The molecule has 2 aliphatic rings. The van der Waals surface area contributed by atoms with Crippen LogP contribution < -0.4 is 14.2 Å². The van der Waals surface area contributed by atoms with Crippen LogP contribution in [-0.2, 0) is 19.9 Å². The number of hydrogen-bond donors (Lipinski definition) is 0. The Hall–Kier alpha value is -4.41. The summed E-state index contributed by atoms with van der Waals surface area (Å²) in [5, 5.41) is 0. The number of carbonyl (C=O) groups excluding carboxylic acids is 3. The average molecular weight is 488 g/mol. The first-order valence-corrected chi connectivity index (χ1v) is 9.96. The molecule has 0 bridgehead atoms. The Kier molecular flexibility index (Phi) is 4.83. The van der Waals surface area contributed by atoms with E-state index in [1.165, 1.54) is 12.1 Å². The highest BCUT2D eigenvalue weighted by Crippen LogP contribution is 2.59. The first-order chi connectivity index (χ1) is 16.6. The van der Waals surface area contributed by atoms with Gasteiger partial charge in [-0.25, -0.2) is 18.0 Å². The maximum absolute atomic E-state index is 15.4. The third-order valence-corrected chi connectivity index (χ3v) is 5.76. The molecule has 0 N–H and O–H groups in total. The fourth-order valence-electron chi connectivity index (χ4n) is 4.26. The lowest BCUT2D eigenvalue weighted by molar-refractivity contribution is -0.132. The minimum Gasteiger partial charge on any atom is -0.450 e. The van der Waals surface area contributed by atoms with Gasteiger partial charge in [-0.3, -0.25) is 9.59 Å². The number of esters is 2. The molecule has 0 radical (unpaired) electrons. The second-order valence-corrected chi connectivity index (χ2v) is 7.74. The Morgan fingerprint density at radius 3 is 2.29 bits per heavy atom. The molecule has 35 heavy (non-hydrogen) atoms. The molecule has 1 atom stereocenters. The van der Waals surface area contributed by atoms with Gasteiger partial charge < -0.3 is 18.9 Å². The van der Waals surface area contributed by atoms with E-state index in [9.17, 15) is 23.2 Å². The normalized spacial score (nSPS) is 17.1. The number of rotatable bonds is 3. The van der Waals surface area contributed by atoms with E-state index in [0.717, 1.165) is 26.0 Å². The molecule has 5 rings (SSSR count). The smallest absolute Gasteiger partial charge is 0.340 e. The van der Waals surface area contributed by atoms with Crippen LogP contribution in [0, 0.1) is 30.2 Å². The van der Waals surface area contributed by atoms with E-state index in [2.05, 4.69) is 4.74 Å². The molecular weight excluding hydrogens is 476 g/mol. The monoisotopic (exact) mass is 488 g/mol. The lowest BCUT2D eigenvalue weighted by atomic mass is 9.77. The molecule has 11 heteroatoms. The van der Waals surface area contributed by atoms with E-state index in [1.807, 2.05) is 0 Å². The maximum atomic E-state index is 15.4. The molecule has 0 aromatic heterocycles. The van der Waals surface area contributed by atoms with E-state index >= 15 is 8.78 Å². The Morgan fingerprint density at radius 2 is 1.63 bits per heavy atom. The molecule has 0 aliphatic carbocycles. The van der Waals surface area contributed by atoms with Gasteiger partial charge in [0.1, 0.15) is 11.6 Å². The zero-order valence-corrected chi connectivity index (χ0v) is 17.8. The minimum atomic E-state index is -2.25. The van der Waals surface area contributed by atoms with Crippen molar-refractivity contribution in [3.05, 3.63) is 81.4 Å². The van der Waals surface area contributed by atoms with Gasteiger partial charge in [-0.2, -0.15) is 4.39 Å². The van der Waals surface area contributed by atoms with Crippen molar-refractivity contribution < 1.29 is 50.9 Å². The standard InChI is InChI=1S/C24H12F4O7/c1-9-16(25)6-14-20(18(9)27)34-21-15(7-17(26)22(19(21)28)33-10(2)30)24(14)13-4-3-11(32-8-29)5-12(13)23(31)35-24/h3-8H,1-2H3. The average Bonchev–Trinajstić information content (AvgIpc) is 3.09. The summed E-state index contributed by atoms with van der Waals surface area (Å²) in [5.41, 5.74) is -3.77. The van der Waals surface area contributed by atoms with Gasteiger partial charge in [-0.1, -0.05) is 0 Å². The van der Waals surface area contributed by atoms with Crippen LogP contribution >= 0.6 is 0 Å². The van der Waals surface area contributed by atoms with E-state index in [4.69, 9.17) is 14.2 Å². The predicted octanol–water partition coefficient (Wildman–Crippen LogP) is 4.58. The Labute approximate surface area is 193 Å². The molecule has 3 aromatic rings. The first-order valence-electron chi connectivity index (χ1n) is 9.96. The summed E-state index contributed by atoms with van der Waals surface area (Å²) >= 11 is 0. The maximum Gasteiger partial charge on any atom is 0.340 e. The van der Waals surface area contributed by atoms with Crippen LogP contribution in [0.3, 0.4) is 0 Å². The molecule has 7 nitrogen and oxygen atoms in total. The van der Waals surface area contributed by atoms with E-state index in [-0.39, 0.29) is 28.9 Å². The van der Waals surface area contributed by atoms with Gasteiger partial charge >= 0.3 is 11.9 Å². The lowest BCUT2D eigenvalue weighted by Crippen LogP contribution is -2.34. The highest BCUT2D eigenvalue weighted by atomic mass is 19.1. The summed E-state index contributed by atoms with van der Waals surface area (Å²) in [7, 11) is 0. The van der Waals surface area contributed by atoms with Gasteiger partial charge in [0.2, 0.25) is 11.6 Å². The van der Waals surface area contributed by atoms with Crippen LogP contribution in [-0.4, -0.2) is 18.4 Å². The van der Waals surface area contributed by atoms with Crippen molar-refractivity contribution in [1.82, 2.24) is 0 Å². The van der Waals surface area contributed by atoms with Crippen molar-refractivity contribution >= 4 is 18.4 Å². The van der Waals surface area contributed by atoms with Crippen LogP contribution in [0.15, 0.2) is 30.3 Å². The topological polar surface area (TPSA) is 88.1 Å². The number of carbonyl (C=O) groups is 3. The molecular formula is C24H12F4O7. The molecule has 3 aromatic carbocycles. The van der Waals surface area contributed by atoms with Crippen molar-refractivity contribution in [2.24, 2.45) is 0 Å². The zero-order valence-electron chi connectivity index (χ0n) is 17.8. The summed E-state index contributed by atoms with van der Waals surface area (Å²) < 4.78 is 80.6. The summed E-state index contributed by atoms with van der Waals surface area (Å²) in [4.78, 5) is 35.0. The highest BCUT2D eigenvalue weighted by molar-refractivity contribution is 5.97. The molecule has 1 unspecified atom stereocenters. The number of halogens is 4. The summed E-state index contributed by atoms with van der Waals surface area (Å²) in [6.07, 6.45) is 0. The van der Waals surface area contributed by atoms with Crippen molar-refractivity contribution in [3.63, 3.8) is 0 Å². The van der Waals surface area contributed by atoms with E-state index in [1.54, 1.807) is 0 Å².